The van der Waals surface area contributed by atoms with E-state index in [4.69, 9.17) is 9.47 Å². The van der Waals surface area contributed by atoms with Crippen molar-refractivity contribution in [3.8, 4) is 0 Å². The molecule has 0 saturated carbocycles. The fourth-order valence-electron chi connectivity index (χ4n) is 2.08. The van der Waals surface area contributed by atoms with Crippen LogP contribution in [-0.2, 0) is 9.47 Å². The van der Waals surface area contributed by atoms with E-state index in [-0.39, 0.29) is 0 Å². The molecule has 0 aromatic rings. The van der Waals surface area contributed by atoms with E-state index in [1.165, 1.54) is 6.42 Å². The van der Waals surface area contributed by atoms with E-state index in [1.807, 2.05) is 7.05 Å². The Morgan fingerprint density at radius 3 is 2.87 bits per heavy atom. The monoisotopic (exact) mass is 215 g/mol. The highest BCUT2D eigenvalue weighted by Crippen LogP contribution is 2.17. The summed E-state index contributed by atoms with van der Waals surface area (Å²) in [4.78, 5) is 0. The van der Waals surface area contributed by atoms with Crippen molar-refractivity contribution < 1.29 is 9.47 Å². The molecule has 3 atom stereocenters. The molecule has 1 N–H and O–H groups in total. The van der Waals surface area contributed by atoms with Crippen molar-refractivity contribution in [3.05, 3.63) is 0 Å². The standard InChI is InChI=1S/C12H25NO2/c1-4-5-10(2)15-9-12(13-3)11-6-7-14-8-11/h10-13H,4-9H2,1-3H3. The van der Waals surface area contributed by atoms with Crippen molar-refractivity contribution in [1.82, 2.24) is 5.32 Å². The molecule has 1 fully saturated rings. The Hall–Kier alpha value is -0.120. The molecule has 15 heavy (non-hydrogen) atoms. The van der Waals surface area contributed by atoms with Crippen LogP contribution in [0.3, 0.4) is 0 Å². The summed E-state index contributed by atoms with van der Waals surface area (Å²) in [6.45, 7) is 6.96. The summed E-state index contributed by atoms with van der Waals surface area (Å²) in [5.41, 5.74) is 0. The van der Waals surface area contributed by atoms with Crippen LogP contribution in [0.15, 0.2) is 0 Å². The lowest BCUT2D eigenvalue weighted by Crippen LogP contribution is -2.39. The highest BCUT2D eigenvalue weighted by Gasteiger charge is 2.24. The fourth-order valence-corrected chi connectivity index (χ4v) is 2.08. The predicted octanol–water partition coefficient (Wildman–Crippen LogP) is 1.82. The topological polar surface area (TPSA) is 30.5 Å². The lowest BCUT2D eigenvalue weighted by atomic mass is 10.00. The number of nitrogens with one attached hydrogen (secondary N) is 1. The van der Waals surface area contributed by atoms with Gasteiger partial charge in [0.15, 0.2) is 0 Å². The van der Waals surface area contributed by atoms with E-state index in [2.05, 4.69) is 19.2 Å². The van der Waals surface area contributed by atoms with Crippen molar-refractivity contribution in [2.24, 2.45) is 5.92 Å². The van der Waals surface area contributed by atoms with Gasteiger partial charge in [0.1, 0.15) is 0 Å². The average molecular weight is 215 g/mol. The molecule has 0 spiro atoms. The third kappa shape index (κ3) is 4.49. The third-order valence-electron chi connectivity index (χ3n) is 3.16. The first-order valence-electron chi connectivity index (χ1n) is 6.14. The predicted molar refractivity (Wildman–Crippen MR) is 62.1 cm³/mol. The van der Waals surface area contributed by atoms with Gasteiger partial charge in [-0.2, -0.15) is 0 Å². The van der Waals surface area contributed by atoms with Gasteiger partial charge in [0.05, 0.1) is 19.3 Å². The van der Waals surface area contributed by atoms with Gasteiger partial charge >= 0.3 is 0 Å². The second-order valence-corrected chi connectivity index (χ2v) is 4.45. The fraction of sp³-hybridized carbons (Fsp3) is 1.00. The van der Waals surface area contributed by atoms with Crippen molar-refractivity contribution >= 4 is 0 Å². The first kappa shape index (κ1) is 12.9. The molecule has 0 radical (unpaired) electrons. The molecular weight excluding hydrogens is 190 g/mol. The Bertz CT molecular complexity index is 158. The zero-order valence-electron chi connectivity index (χ0n) is 10.3. The zero-order chi connectivity index (χ0) is 11.1. The maximum atomic E-state index is 5.83. The Morgan fingerprint density at radius 1 is 1.53 bits per heavy atom. The summed E-state index contributed by atoms with van der Waals surface area (Å²) >= 11 is 0. The van der Waals surface area contributed by atoms with E-state index < -0.39 is 0 Å². The molecule has 0 aliphatic carbocycles. The normalized spacial score (nSPS) is 25.4. The lowest BCUT2D eigenvalue weighted by molar-refractivity contribution is 0.0327. The molecule has 1 rings (SSSR count). The maximum Gasteiger partial charge on any atom is 0.0626 e. The van der Waals surface area contributed by atoms with Crippen LogP contribution < -0.4 is 5.32 Å². The van der Waals surface area contributed by atoms with Crippen LogP contribution in [-0.4, -0.2) is 39.0 Å². The lowest BCUT2D eigenvalue weighted by Gasteiger charge is -2.23. The molecule has 0 aromatic carbocycles. The molecule has 90 valence electrons. The van der Waals surface area contributed by atoms with Crippen molar-refractivity contribution in [2.45, 2.75) is 45.3 Å². The molecule has 3 nitrogen and oxygen atoms in total. The highest BCUT2D eigenvalue weighted by atomic mass is 16.5. The van der Waals surface area contributed by atoms with Crippen LogP contribution >= 0.6 is 0 Å². The van der Waals surface area contributed by atoms with Gasteiger partial charge in [-0.1, -0.05) is 13.3 Å². The summed E-state index contributed by atoms with van der Waals surface area (Å²) < 4.78 is 11.2. The van der Waals surface area contributed by atoms with Gasteiger partial charge in [0.2, 0.25) is 0 Å². The van der Waals surface area contributed by atoms with Gasteiger partial charge in [-0.3, -0.25) is 0 Å². The minimum absolute atomic E-state index is 0.383. The molecule has 3 heteroatoms. The van der Waals surface area contributed by atoms with Gasteiger partial charge in [0.25, 0.3) is 0 Å². The number of hydrogen-bond donors (Lipinski definition) is 1. The van der Waals surface area contributed by atoms with Gasteiger partial charge in [0, 0.05) is 18.6 Å². The van der Waals surface area contributed by atoms with Gasteiger partial charge in [-0.15, -0.1) is 0 Å². The Labute approximate surface area is 93.5 Å². The van der Waals surface area contributed by atoms with Crippen LogP contribution in [0.5, 0.6) is 0 Å². The van der Waals surface area contributed by atoms with Crippen LogP contribution in [0.4, 0.5) is 0 Å². The summed E-state index contributed by atoms with van der Waals surface area (Å²) in [7, 11) is 2.01. The Balaban J connectivity index is 2.20. The zero-order valence-corrected chi connectivity index (χ0v) is 10.3. The molecule has 1 heterocycles. The average Bonchev–Trinajstić information content (AvgIpc) is 2.72. The number of likely N-dealkylation sites (N-methyl/N-ethyl adjacent to an activating group) is 1. The number of ether oxygens (including phenoxy) is 2. The minimum atomic E-state index is 0.383. The number of hydrogen-bond acceptors (Lipinski definition) is 3. The van der Waals surface area contributed by atoms with Crippen LogP contribution in [0.1, 0.15) is 33.1 Å². The van der Waals surface area contributed by atoms with Crippen molar-refractivity contribution in [3.63, 3.8) is 0 Å². The van der Waals surface area contributed by atoms with E-state index in [1.54, 1.807) is 0 Å². The molecule has 1 saturated heterocycles. The number of rotatable bonds is 7. The van der Waals surface area contributed by atoms with Crippen LogP contribution in [0.25, 0.3) is 0 Å². The second-order valence-electron chi connectivity index (χ2n) is 4.45. The summed E-state index contributed by atoms with van der Waals surface area (Å²) in [6.07, 6.45) is 3.89. The Kier molecular flexibility index (Phi) is 6.22. The second kappa shape index (κ2) is 7.20. The summed E-state index contributed by atoms with van der Waals surface area (Å²) in [5.74, 6) is 0.629. The molecule has 0 bridgehead atoms. The summed E-state index contributed by atoms with van der Waals surface area (Å²) in [6, 6.07) is 0.451. The molecule has 0 aromatic heterocycles. The molecule has 1 aliphatic rings. The smallest absolute Gasteiger partial charge is 0.0626 e. The summed E-state index contributed by atoms with van der Waals surface area (Å²) in [5, 5.41) is 3.34. The Morgan fingerprint density at radius 2 is 2.33 bits per heavy atom. The highest BCUT2D eigenvalue weighted by molar-refractivity contribution is 4.78. The molecule has 1 aliphatic heterocycles. The van der Waals surface area contributed by atoms with Crippen LogP contribution in [0, 0.1) is 5.92 Å². The van der Waals surface area contributed by atoms with Gasteiger partial charge in [-0.05, 0) is 26.8 Å². The van der Waals surface area contributed by atoms with E-state index in [0.717, 1.165) is 32.7 Å². The quantitative estimate of drug-likeness (QED) is 0.702. The third-order valence-corrected chi connectivity index (χ3v) is 3.16. The maximum absolute atomic E-state index is 5.83. The largest absolute Gasteiger partial charge is 0.381 e. The SMILES string of the molecule is CCCC(C)OCC(NC)C1CCOC1. The molecule has 3 unspecified atom stereocenters. The van der Waals surface area contributed by atoms with Crippen molar-refractivity contribution in [2.75, 3.05) is 26.9 Å². The van der Waals surface area contributed by atoms with Crippen molar-refractivity contribution in [1.29, 1.82) is 0 Å². The minimum Gasteiger partial charge on any atom is -0.381 e. The van der Waals surface area contributed by atoms with E-state index in [0.29, 0.717) is 18.1 Å². The van der Waals surface area contributed by atoms with Gasteiger partial charge < -0.3 is 14.8 Å². The van der Waals surface area contributed by atoms with Crippen LogP contribution in [0.2, 0.25) is 0 Å². The molecule has 0 amide bonds. The first-order valence-corrected chi connectivity index (χ1v) is 6.14. The molecular formula is C12H25NO2. The van der Waals surface area contributed by atoms with E-state index >= 15 is 0 Å². The van der Waals surface area contributed by atoms with E-state index in [9.17, 15) is 0 Å². The van der Waals surface area contributed by atoms with Gasteiger partial charge in [-0.25, -0.2) is 0 Å². The first-order chi connectivity index (χ1) is 7.27.